The number of rotatable bonds is 4. The number of piperazine rings is 1. The average Bonchev–Trinajstić information content (AvgIpc) is 2.47. The lowest BCUT2D eigenvalue weighted by Crippen LogP contribution is -2.54. The van der Waals surface area contributed by atoms with Crippen molar-refractivity contribution in [1.29, 1.82) is 0 Å². The first-order chi connectivity index (χ1) is 9.58. The summed E-state index contributed by atoms with van der Waals surface area (Å²) in [5.41, 5.74) is 7.15. The second-order valence-electron chi connectivity index (χ2n) is 5.73. The van der Waals surface area contributed by atoms with Crippen molar-refractivity contribution in [1.82, 2.24) is 14.8 Å². The lowest BCUT2D eigenvalue weighted by molar-refractivity contribution is -0.135. The average molecular weight is 276 g/mol. The molecule has 0 spiro atoms. The number of nitrogens with two attached hydrogens (primary N) is 1. The Bertz CT molecular complexity index is 427. The fourth-order valence-corrected chi connectivity index (χ4v) is 2.37. The summed E-state index contributed by atoms with van der Waals surface area (Å²) in [6, 6.07) is 3.66. The highest BCUT2D eigenvalue weighted by molar-refractivity contribution is 5.82. The third-order valence-corrected chi connectivity index (χ3v) is 3.82. The van der Waals surface area contributed by atoms with Crippen molar-refractivity contribution in [3.8, 4) is 0 Å². The summed E-state index contributed by atoms with van der Waals surface area (Å²) in [6.45, 7) is 8.18. The first kappa shape index (κ1) is 14.9. The normalized spacial score (nSPS) is 18.3. The molecule has 0 aromatic carbocycles. The van der Waals surface area contributed by atoms with Crippen LogP contribution in [0.5, 0.6) is 0 Å². The van der Waals surface area contributed by atoms with Gasteiger partial charge < -0.3 is 10.6 Å². The van der Waals surface area contributed by atoms with E-state index in [1.165, 1.54) is 5.56 Å². The molecule has 1 saturated heterocycles. The molecule has 1 aliphatic rings. The number of pyridine rings is 1. The highest BCUT2D eigenvalue weighted by atomic mass is 16.2. The van der Waals surface area contributed by atoms with E-state index in [1.54, 1.807) is 6.20 Å². The molecule has 1 fully saturated rings. The van der Waals surface area contributed by atoms with Crippen molar-refractivity contribution in [3.05, 3.63) is 30.1 Å². The van der Waals surface area contributed by atoms with E-state index in [0.717, 1.165) is 32.7 Å². The van der Waals surface area contributed by atoms with Gasteiger partial charge in [-0.25, -0.2) is 0 Å². The standard InChI is InChI=1S/C15H24N4O/c1-12(2)14(16)15(20)19-8-6-18(7-9-19)11-13-4-3-5-17-10-13/h3-5,10,12,14H,6-9,11,16H2,1-2H3/t14-/m1/s1. The molecule has 2 rings (SSSR count). The number of carbonyl (C=O) groups is 1. The van der Waals surface area contributed by atoms with Crippen LogP contribution in [0.2, 0.25) is 0 Å². The van der Waals surface area contributed by atoms with Crippen LogP contribution in [-0.4, -0.2) is 52.9 Å². The second-order valence-corrected chi connectivity index (χ2v) is 5.73. The first-order valence-electron chi connectivity index (χ1n) is 7.23. The van der Waals surface area contributed by atoms with Gasteiger partial charge in [0.1, 0.15) is 0 Å². The molecule has 1 atom stereocenters. The fraction of sp³-hybridized carbons (Fsp3) is 0.600. The van der Waals surface area contributed by atoms with Gasteiger partial charge in [0.05, 0.1) is 6.04 Å². The van der Waals surface area contributed by atoms with Crippen molar-refractivity contribution < 1.29 is 4.79 Å². The summed E-state index contributed by atoms with van der Waals surface area (Å²) >= 11 is 0. The third-order valence-electron chi connectivity index (χ3n) is 3.82. The smallest absolute Gasteiger partial charge is 0.239 e. The summed E-state index contributed by atoms with van der Waals surface area (Å²) in [5.74, 6) is 0.275. The molecular weight excluding hydrogens is 252 g/mol. The van der Waals surface area contributed by atoms with Crippen LogP contribution in [0.15, 0.2) is 24.5 Å². The Morgan fingerprint density at radius 2 is 2.05 bits per heavy atom. The van der Waals surface area contributed by atoms with E-state index >= 15 is 0 Å². The van der Waals surface area contributed by atoms with E-state index in [1.807, 2.05) is 31.0 Å². The zero-order chi connectivity index (χ0) is 14.5. The Labute approximate surface area is 120 Å². The Kier molecular flexibility index (Phi) is 5.09. The van der Waals surface area contributed by atoms with Crippen molar-refractivity contribution in [2.45, 2.75) is 26.4 Å². The largest absolute Gasteiger partial charge is 0.339 e. The Morgan fingerprint density at radius 1 is 1.35 bits per heavy atom. The van der Waals surface area contributed by atoms with Gasteiger partial charge in [0.25, 0.3) is 0 Å². The molecule has 20 heavy (non-hydrogen) atoms. The molecular formula is C15H24N4O. The van der Waals surface area contributed by atoms with Gasteiger partial charge in [-0.1, -0.05) is 19.9 Å². The van der Waals surface area contributed by atoms with Gasteiger partial charge in [0.2, 0.25) is 5.91 Å². The molecule has 0 unspecified atom stereocenters. The van der Waals surface area contributed by atoms with Crippen LogP contribution in [0.1, 0.15) is 19.4 Å². The Hall–Kier alpha value is -1.46. The third kappa shape index (κ3) is 3.77. The SMILES string of the molecule is CC(C)[C@@H](N)C(=O)N1CCN(Cc2cccnc2)CC1. The molecule has 0 bridgehead atoms. The summed E-state index contributed by atoms with van der Waals surface area (Å²) in [7, 11) is 0. The van der Waals surface area contributed by atoms with Gasteiger partial charge in [-0.05, 0) is 17.5 Å². The number of hydrogen-bond acceptors (Lipinski definition) is 4. The topological polar surface area (TPSA) is 62.5 Å². The highest BCUT2D eigenvalue weighted by Gasteiger charge is 2.26. The van der Waals surface area contributed by atoms with Crippen molar-refractivity contribution in [2.75, 3.05) is 26.2 Å². The zero-order valence-corrected chi connectivity index (χ0v) is 12.3. The number of carbonyl (C=O) groups excluding carboxylic acids is 1. The fourth-order valence-electron chi connectivity index (χ4n) is 2.37. The highest BCUT2D eigenvalue weighted by Crippen LogP contribution is 2.10. The molecule has 0 radical (unpaired) electrons. The minimum atomic E-state index is -0.375. The molecule has 1 aromatic rings. The van der Waals surface area contributed by atoms with Gasteiger partial charge >= 0.3 is 0 Å². The molecule has 110 valence electrons. The monoisotopic (exact) mass is 276 g/mol. The summed E-state index contributed by atoms with van der Waals surface area (Å²) in [6.07, 6.45) is 3.68. The van der Waals surface area contributed by atoms with Crippen molar-refractivity contribution in [2.24, 2.45) is 11.7 Å². The molecule has 2 N–H and O–H groups in total. The van der Waals surface area contributed by atoms with Crippen LogP contribution in [-0.2, 0) is 11.3 Å². The van der Waals surface area contributed by atoms with E-state index in [9.17, 15) is 4.79 Å². The molecule has 5 nitrogen and oxygen atoms in total. The maximum Gasteiger partial charge on any atom is 0.239 e. The van der Waals surface area contributed by atoms with E-state index in [-0.39, 0.29) is 17.9 Å². The molecule has 1 aromatic heterocycles. The molecule has 5 heteroatoms. The minimum Gasteiger partial charge on any atom is -0.339 e. The van der Waals surface area contributed by atoms with Crippen molar-refractivity contribution >= 4 is 5.91 Å². The van der Waals surface area contributed by atoms with Gasteiger partial charge in [0.15, 0.2) is 0 Å². The van der Waals surface area contributed by atoms with Crippen LogP contribution >= 0.6 is 0 Å². The molecule has 1 amide bonds. The quantitative estimate of drug-likeness (QED) is 0.880. The number of hydrogen-bond donors (Lipinski definition) is 1. The van der Waals surface area contributed by atoms with E-state index in [0.29, 0.717) is 0 Å². The van der Waals surface area contributed by atoms with Gasteiger partial charge in [-0.3, -0.25) is 14.7 Å². The van der Waals surface area contributed by atoms with Gasteiger partial charge in [-0.2, -0.15) is 0 Å². The second kappa shape index (κ2) is 6.81. The number of aromatic nitrogens is 1. The first-order valence-corrected chi connectivity index (χ1v) is 7.23. The van der Waals surface area contributed by atoms with Gasteiger partial charge in [-0.15, -0.1) is 0 Å². The minimum absolute atomic E-state index is 0.0843. The summed E-state index contributed by atoms with van der Waals surface area (Å²) in [5, 5.41) is 0. The predicted molar refractivity (Wildman–Crippen MR) is 78.9 cm³/mol. The van der Waals surface area contributed by atoms with Crippen LogP contribution in [0.4, 0.5) is 0 Å². The van der Waals surface area contributed by atoms with Crippen LogP contribution in [0.25, 0.3) is 0 Å². The molecule has 2 heterocycles. The summed E-state index contributed by atoms with van der Waals surface area (Å²) in [4.78, 5) is 20.5. The Balaban J connectivity index is 1.82. The Morgan fingerprint density at radius 3 is 2.60 bits per heavy atom. The summed E-state index contributed by atoms with van der Waals surface area (Å²) < 4.78 is 0. The van der Waals surface area contributed by atoms with E-state index in [4.69, 9.17) is 5.73 Å². The lowest BCUT2D eigenvalue weighted by Gasteiger charge is -2.36. The lowest BCUT2D eigenvalue weighted by atomic mass is 10.0. The number of nitrogens with zero attached hydrogens (tertiary/aromatic N) is 3. The van der Waals surface area contributed by atoms with Crippen LogP contribution < -0.4 is 5.73 Å². The van der Waals surface area contributed by atoms with Crippen LogP contribution in [0, 0.1) is 5.92 Å². The van der Waals surface area contributed by atoms with Crippen molar-refractivity contribution in [3.63, 3.8) is 0 Å². The van der Waals surface area contributed by atoms with Gasteiger partial charge in [0, 0.05) is 45.1 Å². The van der Waals surface area contributed by atoms with E-state index < -0.39 is 0 Å². The zero-order valence-electron chi connectivity index (χ0n) is 12.3. The number of amides is 1. The van der Waals surface area contributed by atoms with E-state index in [2.05, 4.69) is 16.0 Å². The molecule has 0 aliphatic carbocycles. The predicted octanol–water partition coefficient (Wildman–Crippen LogP) is 0.709. The maximum absolute atomic E-state index is 12.2. The van der Waals surface area contributed by atoms with Crippen LogP contribution in [0.3, 0.4) is 0 Å². The molecule has 1 aliphatic heterocycles. The maximum atomic E-state index is 12.2. The molecule has 0 saturated carbocycles.